The molecular formula is C23H23N3O3S. The van der Waals surface area contributed by atoms with Crippen LogP contribution in [0.2, 0.25) is 0 Å². The highest BCUT2D eigenvalue weighted by molar-refractivity contribution is 7.99. The molecule has 2 heterocycles. The smallest absolute Gasteiger partial charge is 0.342 e. The Kier molecular flexibility index (Phi) is 5.63. The first-order chi connectivity index (χ1) is 14.5. The Balaban J connectivity index is 1.59. The Labute approximate surface area is 179 Å². The van der Waals surface area contributed by atoms with E-state index in [9.17, 15) is 9.59 Å². The average Bonchev–Trinajstić information content (AvgIpc) is 3.02. The maximum Gasteiger partial charge on any atom is 0.342 e. The van der Waals surface area contributed by atoms with Crippen molar-refractivity contribution in [2.24, 2.45) is 7.05 Å². The zero-order valence-electron chi connectivity index (χ0n) is 17.2. The summed E-state index contributed by atoms with van der Waals surface area (Å²) in [5.74, 6) is -0.0341. The van der Waals surface area contributed by atoms with E-state index in [0.29, 0.717) is 17.0 Å². The van der Waals surface area contributed by atoms with Crippen molar-refractivity contribution in [2.45, 2.75) is 24.8 Å². The molecule has 0 fully saturated rings. The number of amides is 1. The molecule has 7 heteroatoms. The predicted octanol–water partition coefficient (Wildman–Crippen LogP) is 4.07. The zero-order chi connectivity index (χ0) is 21.3. The standard InChI is InChI=1S/C23H23N3O3S/c1-15-22(16(2)25(3)24-15)23(28)29-13-21(27)26-18-11-7-8-12-20(18)30-14-19(26)17-9-5-4-6-10-17/h4-12,19H,13-14H2,1-3H3. The van der Waals surface area contributed by atoms with Gasteiger partial charge in [0.1, 0.15) is 5.56 Å². The number of fused-ring (bicyclic) bond motifs is 1. The summed E-state index contributed by atoms with van der Waals surface area (Å²) in [6.07, 6.45) is 0. The van der Waals surface area contributed by atoms with Crippen LogP contribution in [0, 0.1) is 13.8 Å². The van der Waals surface area contributed by atoms with E-state index >= 15 is 0 Å². The summed E-state index contributed by atoms with van der Waals surface area (Å²) in [6, 6.07) is 17.6. The number of ether oxygens (including phenoxy) is 1. The molecule has 0 N–H and O–H groups in total. The molecule has 0 radical (unpaired) electrons. The van der Waals surface area contributed by atoms with E-state index in [4.69, 9.17) is 4.74 Å². The fourth-order valence-corrected chi connectivity index (χ4v) is 4.92. The van der Waals surface area contributed by atoms with Gasteiger partial charge in [0.25, 0.3) is 5.91 Å². The molecule has 1 aliphatic rings. The van der Waals surface area contributed by atoms with Gasteiger partial charge in [-0.15, -0.1) is 11.8 Å². The summed E-state index contributed by atoms with van der Waals surface area (Å²) in [7, 11) is 1.77. The summed E-state index contributed by atoms with van der Waals surface area (Å²) in [6.45, 7) is 3.24. The summed E-state index contributed by atoms with van der Waals surface area (Å²) in [5, 5.41) is 4.25. The van der Waals surface area contributed by atoms with Gasteiger partial charge in [-0.25, -0.2) is 4.79 Å². The summed E-state index contributed by atoms with van der Waals surface area (Å²) in [5.41, 5.74) is 3.62. The van der Waals surface area contributed by atoms with Crippen LogP contribution in [0.3, 0.4) is 0 Å². The lowest BCUT2D eigenvalue weighted by atomic mass is 10.1. The average molecular weight is 422 g/mol. The van der Waals surface area contributed by atoms with Crippen molar-refractivity contribution in [3.63, 3.8) is 0 Å². The van der Waals surface area contributed by atoms with Crippen LogP contribution < -0.4 is 4.90 Å². The number of anilines is 1. The van der Waals surface area contributed by atoms with Crippen molar-refractivity contribution < 1.29 is 14.3 Å². The number of carbonyl (C=O) groups excluding carboxylic acids is 2. The number of hydrogen-bond donors (Lipinski definition) is 0. The number of thioether (sulfide) groups is 1. The quantitative estimate of drug-likeness (QED) is 0.594. The lowest BCUT2D eigenvalue weighted by molar-refractivity contribution is -0.122. The number of carbonyl (C=O) groups is 2. The summed E-state index contributed by atoms with van der Waals surface area (Å²) in [4.78, 5) is 28.7. The number of nitrogens with zero attached hydrogens (tertiary/aromatic N) is 3. The van der Waals surface area contributed by atoms with Gasteiger partial charge in [-0.2, -0.15) is 5.10 Å². The van der Waals surface area contributed by atoms with Crippen molar-refractivity contribution >= 4 is 29.3 Å². The third-order valence-corrected chi connectivity index (χ3v) is 6.46. The molecule has 1 atom stereocenters. The van der Waals surface area contributed by atoms with Gasteiger partial charge in [-0.1, -0.05) is 42.5 Å². The molecule has 1 amide bonds. The van der Waals surface area contributed by atoms with E-state index in [1.54, 1.807) is 35.3 Å². The molecule has 2 aromatic carbocycles. The number of rotatable bonds is 4. The van der Waals surface area contributed by atoms with Crippen LogP contribution >= 0.6 is 11.8 Å². The van der Waals surface area contributed by atoms with Crippen LogP contribution in [0.5, 0.6) is 0 Å². The van der Waals surface area contributed by atoms with Gasteiger partial charge < -0.3 is 4.74 Å². The molecule has 1 unspecified atom stereocenters. The number of para-hydroxylation sites is 1. The van der Waals surface area contributed by atoms with Gasteiger partial charge in [0.2, 0.25) is 0 Å². The number of hydrogen-bond acceptors (Lipinski definition) is 5. The molecule has 1 aromatic heterocycles. The molecule has 154 valence electrons. The van der Waals surface area contributed by atoms with E-state index < -0.39 is 5.97 Å². The Morgan fingerprint density at radius 3 is 2.50 bits per heavy atom. The van der Waals surface area contributed by atoms with Gasteiger partial charge in [-0.3, -0.25) is 14.4 Å². The molecule has 1 aliphatic heterocycles. The van der Waals surface area contributed by atoms with Crippen LogP contribution in [-0.4, -0.2) is 34.0 Å². The number of esters is 1. The molecule has 0 saturated heterocycles. The van der Waals surface area contributed by atoms with Crippen molar-refractivity contribution in [1.82, 2.24) is 9.78 Å². The Bertz CT molecular complexity index is 1090. The normalized spacial score (nSPS) is 15.6. The van der Waals surface area contributed by atoms with Gasteiger partial charge in [0.15, 0.2) is 6.61 Å². The van der Waals surface area contributed by atoms with Crippen molar-refractivity contribution in [2.75, 3.05) is 17.3 Å². The highest BCUT2D eigenvalue weighted by atomic mass is 32.2. The first-order valence-corrected chi connectivity index (χ1v) is 10.7. The molecular weight excluding hydrogens is 398 g/mol. The van der Waals surface area contributed by atoms with Crippen LogP contribution in [0.25, 0.3) is 0 Å². The first-order valence-electron chi connectivity index (χ1n) is 9.73. The van der Waals surface area contributed by atoms with Crippen molar-refractivity contribution in [1.29, 1.82) is 0 Å². The third kappa shape index (κ3) is 3.73. The monoisotopic (exact) mass is 421 g/mol. The lowest BCUT2D eigenvalue weighted by Gasteiger charge is -2.37. The second kappa shape index (κ2) is 8.36. The minimum absolute atomic E-state index is 0.126. The number of aryl methyl sites for hydroxylation is 2. The molecule has 0 bridgehead atoms. The van der Waals surface area contributed by atoms with Crippen LogP contribution in [0.4, 0.5) is 5.69 Å². The first kappa shape index (κ1) is 20.2. The molecule has 0 spiro atoms. The van der Waals surface area contributed by atoms with Crippen molar-refractivity contribution in [3.05, 3.63) is 77.1 Å². The lowest BCUT2D eigenvalue weighted by Crippen LogP contribution is -2.41. The molecule has 6 nitrogen and oxygen atoms in total. The van der Waals surface area contributed by atoms with E-state index in [0.717, 1.165) is 21.9 Å². The van der Waals surface area contributed by atoms with E-state index in [2.05, 4.69) is 5.10 Å². The molecule has 0 aliphatic carbocycles. The fraction of sp³-hybridized carbons (Fsp3) is 0.261. The molecule has 4 rings (SSSR count). The number of aromatic nitrogens is 2. The summed E-state index contributed by atoms with van der Waals surface area (Å²) < 4.78 is 7.06. The second-order valence-corrected chi connectivity index (χ2v) is 8.28. The SMILES string of the molecule is Cc1nn(C)c(C)c1C(=O)OCC(=O)N1c2ccccc2SCC1c1ccccc1. The third-order valence-electron chi connectivity index (χ3n) is 5.33. The predicted molar refractivity (Wildman–Crippen MR) is 117 cm³/mol. The van der Waals surface area contributed by atoms with E-state index in [1.807, 2.05) is 61.5 Å². The molecule has 30 heavy (non-hydrogen) atoms. The highest BCUT2D eigenvalue weighted by Gasteiger charge is 2.33. The van der Waals surface area contributed by atoms with Crippen LogP contribution in [-0.2, 0) is 16.6 Å². The Morgan fingerprint density at radius 2 is 1.80 bits per heavy atom. The van der Waals surface area contributed by atoms with Gasteiger partial charge in [0.05, 0.1) is 17.4 Å². The topological polar surface area (TPSA) is 64.4 Å². The summed E-state index contributed by atoms with van der Waals surface area (Å²) >= 11 is 1.73. The minimum atomic E-state index is -0.526. The largest absolute Gasteiger partial charge is 0.452 e. The van der Waals surface area contributed by atoms with Gasteiger partial charge >= 0.3 is 5.97 Å². The Morgan fingerprint density at radius 1 is 1.10 bits per heavy atom. The molecule has 0 saturated carbocycles. The van der Waals surface area contributed by atoms with Crippen LogP contribution in [0.1, 0.15) is 33.4 Å². The number of benzene rings is 2. The maximum absolute atomic E-state index is 13.3. The van der Waals surface area contributed by atoms with E-state index in [-0.39, 0.29) is 18.6 Å². The van der Waals surface area contributed by atoms with Crippen LogP contribution in [0.15, 0.2) is 59.5 Å². The van der Waals surface area contributed by atoms with Crippen molar-refractivity contribution in [3.8, 4) is 0 Å². The van der Waals surface area contributed by atoms with Gasteiger partial charge in [0, 0.05) is 23.4 Å². The van der Waals surface area contributed by atoms with E-state index in [1.165, 1.54) is 0 Å². The Hall–Kier alpha value is -3.06. The fourth-order valence-electron chi connectivity index (χ4n) is 3.76. The molecule has 3 aromatic rings. The maximum atomic E-state index is 13.3. The minimum Gasteiger partial charge on any atom is -0.452 e. The second-order valence-electron chi connectivity index (χ2n) is 7.21. The zero-order valence-corrected chi connectivity index (χ0v) is 18.0. The van der Waals surface area contributed by atoms with Gasteiger partial charge in [-0.05, 0) is 31.5 Å². The highest BCUT2D eigenvalue weighted by Crippen LogP contribution is 2.43.